The van der Waals surface area contributed by atoms with Gasteiger partial charge in [-0.15, -0.1) is 0 Å². The van der Waals surface area contributed by atoms with Crippen LogP contribution in [0.2, 0.25) is 0 Å². The van der Waals surface area contributed by atoms with Crippen LogP contribution in [0.5, 0.6) is 0 Å². The molecule has 0 aromatic rings. The molecule has 3 unspecified atom stereocenters. The summed E-state index contributed by atoms with van der Waals surface area (Å²) in [5.74, 6) is 1.15. The van der Waals surface area contributed by atoms with E-state index in [1.807, 2.05) is 18.7 Å². The van der Waals surface area contributed by atoms with Gasteiger partial charge in [-0.2, -0.15) is 11.8 Å². The fraction of sp³-hybridized carbons (Fsp3) is 0.857. The van der Waals surface area contributed by atoms with Gasteiger partial charge in [0.15, 0.2) is 0 Å². The van der Waals surface area contributed by atoms with Crippen molar-refractivity contribution < 1.29 is 14.7 Å². The standard InChI is InChI=1S/C14H26N2O3S/c1-10(14(18)19)4-3-5-11(2)16-13(17)8-12-9-20-7-6-15-12/h10-12,15H,3-9H2,1-2H3,(H,16,17)(H,18,19). The predicted octanol–water partition coefficient (Wildman–Crippen LogP) is 1.48. The van der Waals surface area contributed by atoms with E-state index >= 15 is 0 Å². The maximum atomic E-state index is 11.9. The Labute approximate surface area is 125 Å². The van der Waals surface area contributed by atoms with Gasteiger partial charge in [0.25, 0.3) is 0 Å². The highest BCUT2D eigenvalue weighted by molar-refractivity contribution is 7.99. The van der Waals surface area contributed by atoms with Gasteiger partial charge < -0.3 is 15.7 Å². The minimum atomic E-state index is -0.748. The molecule has 0 radical (unpaired) electrons. The van der Waals surface area contributed by atoms with Crippen LogP contribution >= 0.6 is 11.8 Å². The predicted molar refractivity (Wildman–Crippen MR) is 82.0 cm³/mol. The molecule has 0 saturated carbocycles. The van der Waals surface area contributed by atoms with Crippen LogP contribution in [0.3, 0.4) is 0 Å². The summed E-state index contributed by atoms with van der Waals surface area (Å²) in [5.41, 5.74) is 0. The van der Waals surface area contributed by atoms with Crippen LogP contribution in [0.15, 0.2) is 0 Å². The Bertz CT molecular complexity index is 320. The van der Waals surface area contributed by atoms with Crippen LogP contribution in [-0.2, 0) is 9.59 Å². The fourth-order valence-electron chi connectivity index (χ4n) is 2.23. The molecule has 0 aliphatic carbocycles. The van der Waals surface area contributed by atoms with Gasteiger partial charge in [-0.05, 0) is 19.8 Å². The minimum Gasteiger partial charge on any atom is -0.481 e. The summed E-state index contributed by atoms with van der Waals surface area (Å²) in [4.78, 5) is 22.6. The lowest BCUT2D eigenvalue weighted by molar-refractivity contribution is -0.141. The van der Waals surface area contributed by atoms with Crippen molar-refractivity contribution in [2.45, 2.75) is 51.6 Å². The lowest BCUT2D eigenvalue weighted by Crippen LogP contribution is -2.43. The molecule has 1 rings (SSSR count). The van der Waals surface area contributed by atoms with Gasteiger partial charge in [0.1, 0.15) is 0 Å². The SMILES string of the molecule is CC(CCCC(C)C(=O)O)NC(=O)CC1CSCCN1. The zero-order valence-corrected chi connectivity index (χ0v) is 13.2. The molecule has 1 aliphatic rings. The molecule has 6 heteroatoms. The number of rotatable bonds is 8. The fourth-order valence-corrected chi connectivity index (χ4v) is 3.18. The number of hydrogen-bond acceptors (Lipinski definition) is 4. The van der Waals surface area contributed by atoms with Crippen molar-refractivity contribution in [3.05, 3.63) is 0 Å². The topological polar surface area (TPSA) is 78.4 Å². The maximum Gasteiger partial charge on any atom is 0.306 e. The lowest BCUT2D eigenvalue weighted by Gasteiger charge is -2.23. The monoisotopic (exact) mass is 302 g/mol. The van der Waals surface area contributed by atoms with Crippen molar-refractivity contribution in [1.82, 2.24) is 10.6 Å². The summed E-state index contributed by atoms with van der Waals surface area (Å²) in [6.45, 7) is 4.68. The second-order valence-electron chi connectivity index (χ2n) is 5.57. The Morgan fingerprint density at radius 1 is 1.40 bits per heavy atom. The number of carbonyl (C=O) groups is 2. The summed E-state index contributed by atoms with van der Waals surface area (Å²) in [7, 11) is 0. The first-order valence-electron chi connectivity index (χ1n) is 7.32. The average molecular weight is 302 g/mol. The number of nitrogens with one attached hydrogen (secondary N) is 2. The van der Waals surface area contributed by atoms with E-state index in [9.17, 15) is 9.59 Å². The largest absolute Gasteiger partial charge is 0.481 e. The van der Waals surface area contributed by atoms with Crippen molar-refractivity contribution in [3.63, 3.8) is 0 Å². The molecule has 116 valence electrons. The van der Waals surface area contributed by atoms with E-state index < -0.39 is 5.97 Å². The zero-order chi connectivity index (χ0) is 15.0. The minimum absolute atomic E-state index is 0.0868. The summed E-state index contributed by atoms with van der Waals surface area (Å²) in [5, 5.41) is 15.1. The molecule has 20 heavy (non-hydrogen) atoms. The summed E-state index contributed by atoms with van der Waals surface area (Å²) < 4.78 is 0. The molecule has 1 saturated heterocycles. The van der Waals surface area contributed by atoms with E-state index in [0.29, 0.717) is 12.8 Å². The number of thioether (sulfide) groups is 1. The van der Waals surface area contributed by atoms with Gasteiger partial charge in [-0.25, -0.2) is 0 Å². The third-order valence-corrected chi connectivity index (χ3v) is 4.66. The number of carboxylic acid groups (broad SMARTS) is 1. The van der Waals surface area contributed by atoms with Gasteiger partial charge in [0, 0.05) is 36.6 Å². The molecule has 0 aromatic carbocycles. The molecule has 3 N–H and O–H groups in total. The summed E-state index contributed by atoms with van der Waals surface area (Å²) in [6.07, 6.45) is 2.85. The number of carbonyl (C=O) groups excluding carboxylic acids is 1. The molecule has 0 bridgehead atoms. The Hall–Kier alpha value is -0.750. The maximum absolute atomic E-state index is 11.9. The van der Waals surface area contributed by atoms with E-state index in [0.717, 1.165) is 30.9 Å². The Kier molecular flexibility index (Phi) is 7.99. The molecule has 5 nitrogen and oxygen atoms in total. The Balaban J connectivity index is 2.12. The molecule has 0 aromatic heterocycles. The highest BCUT2D eigenvalue weighted by Gasteiger charge is 2.18. The normalized spacial score (nSPS) is 22.0. The van der Waals surface area contributed by atoms with E-state index in [4.69, 9.17) is 5.11 Å². The van der Waals surface area contributed by atoms with Crippen LogP contribution in [-0.4, -0.2) is 47.1 Å². The second kappa shape index (κ2) is 9.23. The van der Waals surface area contributed by atoms with Gasteiger partial charge >= 0.3 is 5.97 Å². The van der Waals surface area contributed by atoms with E-state index in [1.54, 1.807) is 6.92 Å². The second-order valence-corrected chi connectivity index (χ2v) is 6.72. The first-order chi connectivity index (χ1) is 9.49. The number of hydrogen-bond donors (Lipinski definition) is 3. The Morgan fingerprint density at radius 3 is 2.75 bits per heavy atom. The van der Waals surface area contributed by atoms with E-state index in [1.165, 1.54) is 0 Å². The van der Waals surface area contributed by atoms with Gasteiger partial charge in [0.2, 0.25) is 5.91 Å². The molecule has 1 amide bonds. The smallest absolute Gasteiger partial charge is 0.306 e. The van der Waals surface area contributed by atoms with Crippen molar-refractivity contribution in [2.75, 3.05) is 18.1 Å². The van der Waals surface area contributed by atoms with Crippen LogP contribution in [0.25, 0.3) is 0 Å². The molecule has 3 atom stereocenters. The van der Waals surface area contributed by atoms with Crippen molar-refractivity contribution in [1.29, 1.82) is 0 Å². The van der Waals surface area contributed by atoms with Crippen molar-refractivity contribution >= 4 is 23.6 Å². The molecule has 1 fully saturated rings. The van der Waals surface area contributed by atoms with Crippen LogP contribution < -0.4 is 10.6 Å². The van der Waals surface area contributed by atoms with E-state index in [-0.39, 0.29) is 23.9 Å². The molecule has 1 heterocycles. The Morgan fingerprint density at radius 2 is 2.15 bits per heavy atom. The number of aliphatic carboxylic acids is 1. The summed E-state index contributed by atoms with van der Waals surface area (Å²) >= 11 is 1.89. The van der Waals surface area contributed by atoms with Crippen LogP contribution in [0, 0.1) is 5.92 Å². The highest BCUT2D eigenvalue weighted by Crippen LogP contribution is 2.11. The molecule has 1 aliphatic heterocycles. The van der Waals surface area contributed by atoms with Crippen LogP contribution in [0.4, 0.5) is 0 Å². The quantitative estimate of drug-likeness (QED) is 0.633. The van der Waals surface area contributed by atoms with E-state index in [2.05, 4.69) is 10.6 Å². The zero-order valence-electron chi connectivity index (χ0n) is 12.4. The van der Waals surface area contributed by atoms with Gasteiger partial charge in [-0.3, -0.25) is 9.59 Å². The first-order valence-corrected chi connectivity index (χ1v) is 8.47. The lowest BCUT2D eigenvalue weighted by atomic mass is 10.0. The van der Waals surface area contributed by atoms with Crippen molar-refractivity contribution in [3.8, 4) is 0 Å². The van der Waals surface area contributed by atoms with Gasteiger partial charge in [-0.1, -0.05) is 13.3 Å². The summed E-state index contributed by atoms with van der Waals surface area (Å²) in [6, 6.07) is 0.396. The third kappa shape index (κ3) is 7.14. The number of amides is 1. The average Bonchev–Trinajstić information content (AvgIpc) is 2.39. The van der Waals surface area contributed by atoms with Gasteiger partial charge in [0.05, 0.1) is 5.92 Å². The highest BCUT2D eigenvalue weighted by atomic mass is 32.2. The molecular formula is C14H26N2O3S. The first kappa shape index (κ1) is 17.3. The molecule has 0 spiro atoms. The van der Waals surface area contributed by atoms with Crippen molar-refractivity contribution in [2.24, 2.45) is 5.92 Å². The third-order valence-electron chi connectivity index (χ3n) is 3.53. The number of carboxylic acids is 1. The van der Waals surface area contributed by atoms with Crippen LogP contribution in [0.1, 0.15) is 39.5 Å². The molecular weight excluding hydrogens is 276 g/mol.